The van der Waals surface area contributed by atoms with Crippen molar-refractivity contribution in [2.75, 3.05) is 6.61 Å². The van der Waals surface area contributed by atoms with Gasteiger partial charge in [-0.05, 0) is 30.0 Å². The molecule has 0 fully saturated rings. The van der Waals surface area contributed by atoms with E-state index in [0.29, 0.717) is 17.9 Å². The Bertz CT molecular complexity index is 383. The fourth-order valence-corrected chi connectivity index (χ4v) is 1.37. The molecule has 0 amide bonds. The second-order valence-corrected chi connectivity index (χ2v) is 4.51. The molecule has 1 rings (SSSR count). The van der Waals surface area contributed by atoms with Crippen LogP contribution in [0.2, 0.25) is 0 Å². The van der Waals surface area contributed by atoms with E-state index in [1.54, 1.807) is 0 Å². The molecule has 0 aromatic heterocycles. The minimum atomic E-state index is 0.0658. The lowest BCUT2D eigenvalue weighted by Gasteiger charge is -2.19. The maximum Gasteiger partial charge on any atom is 0.137 e. The van der Waals surface area contributed by atoms with Gasteiger partial charge >= 0.3 is 0 Å². The summed E-state index contributed by atoms with van der Waals surface area (Å²) in [5.41, 5.74) is 1.84. The molecule has 1 aromatic carbocycles. The van der Waals surface area contributed by atoms with Gasteiger partial charge in [0.2, 0.25) is 0 Å². The third-order valence-corrected chi connectivity index (χ3v) is 2.27. The Labute approximate surface area is 91.5 Å². The van der Waals surface area contributed by atoms with E-state index < -0.39 is 0 Å². The molecule has 0 unspecified atom stereocenters. The summed E-state index contributed by atoms with van der Waals surface area (Å²) in [6.45, 7) is 8.89. The monoisotopic (exact) mass is 203 g/mol. The van der Waals surface area contributed by atoms with E-state index in [2.05, 4.69) is 26.8 Å². The van der Waals surface area contributed by atoms with Gasteiger partial charge in [-0.2, -0.15) is 5.26 Å². The van der Waals surface area contributed by atoms with Crippen molar-refractivity contribution in [2.24, 2.45) is 0 Å². The highest BCUT2D eigenvalue weighted by atomic mass is 16.5. The molecule has 0 saturated carbocycles. The Hall–Kier alpha value is -1.49. The lowest BCUT2D eigenvalue weighted by molar-refractivity contribution is 0.339. The van der Waals surface area contributed by atoms with Gasteiger partial charge in [-0.1, -0.05) is 26.8 Å². The molecule has 0 heterocycles. The first-order chi connectivity index (χ1) is 6.99. The smallest absolute Gasteiger partial charge is 0.137 e. The Morgan fingerprint density at radius 2 is 2.00 bits per heavy atom. The van der Waals surface area contributed by atoms with Crippen molar-refractivity contribution >= 4 is 0 Å². The summed E-state index contributed by atoms with van der Waals surface area (Å²) in [6.07, 6.45) is 0. The predicted octanol–water partition coefficient (Wildman–Crippen LogP) is 3.25. The second-order valence-electron chi connectivity index (χ2n) is 4.51. The maximum atomic E-state index is 9.01. The molecule has 0 bridgehead atoms. The largest absolute Gasteiger partial charge is 0.492 e. The van der Waals surface area contributed by atoms with E-state index in [-0.39, 0.29) is 5.41 Å². The van der Waals surface area contributed by atoms with Crippen molar-refractivity contribution < 1.29 is 4.74 Å². The van der Waals surface area contributed by atoms with Gasteiger partial charge in [-0.15, -0.1) is 0 Å². The van der Waals surface area contributed by atoms with Crippen molar-refractivity contribution in [1.29, 1.82) is 5.26 Å². The minimum absolute atomic E-state index is 0.0658. The first-order valence-corrected chi connectivity index (χ1v) is 5.16. The minimum Gasteiger partial charge on any atom is -0.492 e. The van der Waals surface area contributed by atoms with Gasteiger partial charge in [0.05, 0.1) is 12.2 Å². The van der Waals surface area contributed by atoms with Gasteiger partial charge in [0.15, 0.2) is 0 Å². The molecule has 0 aliphatic rings. The van der Waals surface area contributed by atoms with Crippen LogP contribution in [0.15, 0.2) is 18.2 Å². The van der Waals surface area contributed by atoms with Gasteiger partial charge in [-0.3, -0.25) is 0 Å². The number of hydrogen-bond acceptors (Lipinski definition) is 2. The topological polar surface area (TPSA) is 33.0 Å². The van der Waals surface area contributed by atoms with Crippen LogP contribution in [0, 0.1) is 11.3 Å². The van der Waals surface area contributed by atoms with Crippen molar-refractivity contribution in [2.45, 2.75) is 33.1 Å². The summed E-state index contributed by atoms with van der Waals surface area (Å²) in [5, 5.41) is 9.01. The van der Waals surface area contributed by atoms with Crippen LogP contribution in [0.3, 0.4) is 0 Å². The maximum absolute atomic E-state index is 9.01. The normalized spacial score (nSPS) is 10.9. The lowest BCUT2D eigenvalue weighted by atomic mass is 9.86. The summed E-state index contributed by atoms with van der Waals surface area (Å²) in [6, 6.07) is 7.97. The van der Waals surface area contributed by atoms with Gasteiger partial charge in [0.1, 0.15) is 11.8 Å². The van der Waals surface area contributed by atoms with Crippen molar-refractivity contribution in [3.63, 3.8) is 0 Å². The first kappa shape index (κ1) is 11.6. The first-order valence-electron chi connectivity index (χ1n) is 5.16. The molecule has 0 saturated heterocycles. The van der Waals surface area contributed by atoms with E-state index in [0.717, 1.165) is 5.56 Å². The number of benzene rings is 1. The Kier molecular flexibility index (Phi) is 3.36. The van der Waals surface area contributed by atoms with Crippen LogP contribution >= 0.6 is 0 Å². The van der Waals surface area contributed by atoms with Crippen LogP contribution in [0.5, 0.6) is 5.75 Å². The summed E-state index contributed by atoms with van der Waals surface area (Å²) in [7, 11) is 0. The standard InChI is InChI=1S/C13H17NO/c1-5-15-12-7-6-11(13(2,3)4)8-10(12)9-14/h6-8H,5H2,1-4H3. The number of nitrogens with zero attached hydrogens (tertiary/aromatic N) is 1. The molecule has 1 aromatic rings. The molecule has 0 aliphatic carbocycles. The number of nitriles is 1. The summed E-state index contributed by atoms with van der Waals surface area (Å²) < 4.78 is 5.37. The predicted molar refractivity (Wildman–Crippen MR) is 61.0 cm³/mol. The zero-order chi connectivity index (χ0) is 11.5. The Morgan fingerprint density at radius 3 is 2.47 bits per heavy atom. The van der Waals surface area contributed by atoms with Gasteiger partial charge in [0.25, 0.3) is 0 Å². The molecular formula is C13H17NO. The van der Waals surface area contributed by atoms with E-state index in [1.165, 1.54) is 0 Å². The molecule has 0 atom stereocenters. The van der Waals surface area contributed by atoms with Crippen molar-refractivity contribution in [1.82, 2.24) is 0 Å². The zero-order valence-electron chi connectivity index (χ0n) is 9.79. The van der Waals surface area contributed by atoms with E-state index >= 15 is 0 Å². The SMILES string of the molecule is CCOc1ccc(C(C)(C)C)cc1C#N. The molecular weight excluding hydrogens is 186 g/mol. The summed E-state index contributed by atoms with van der Waals surface area (Å²) in [4.78, 5) is 0. The number of ether oxygens (including phenoxy) is 1. The van der Waals surface area contributed by atoms with Crippen LogP contribution in [0.25, 0.3) is 0 Å². The highest BCUT2D eigenvalue weighted by molar-refractivity contribution is 5.46. The molecule has 0 N–H and O–H groups in total. The third-order valence-electron chi connectivity index (χ3n) is 2.27. The van der Waals surface area contributed by atoms with E-state index in [4.69, 9.17) is 10.00 Å². The highest BCUT2D eigenvalue weighted by Crippen LogP contribution is 2.27. The van der Waals surface area contributed by atoms with Crippen molar-refractivity contribution in [3.05, 3.63) is 29.3 Å². The molecule has 80 valence electrons. The molecule has 15 heavy (non-hydrogen) atoms. The van der Waals surface area contributed by atoms with Crippen LogP contribution in [-0.4, -0.2) is 6.61 Å². The van der Waals surface area contributed by atoms with Gasteiger partial charge in [-0.25, -0.2) is 0 Å². The lowest BCUT2D eigenvalue weighted by Crippen LogP contribution is -2.11. The number of hydrogen-bond donors (Lipinski definition) is 0. The molecule has 0 spiro atoms. The molecule has 2 heteroatoms. The Balaban J connectivity index is 3.15. The van der Waals surface area contributed by atoms with Crippen LogP contribution in [0.4, 0.5) is 0 Å². The van der Waals surface area contributed by atoms with E-state index in [1.807, 2.05) is 25.1 Å². The average molecular weight is 203 g/mol. The fourth-order valence-electron chi connectivity index (χ4n) is 1.37. The van der Waals surface area contributed by atoms with Crippen molar-refractivity contribution in [3.8, 4) is 11.8 Å². The number of rotatable bonds is 2. The van der Waals surface area contributed by atoms with Crippen LogP contribution in [-0.2, 0) is 5.41 Å². The summed E-state index contributed by atoms with van der Waals surface area (Å²) in [5.74, 6) is 0.674. The van der Waals surface area contributed by atoms with E-state index in [9.17, 15) is 0 Å². The van der Waals surface area contributed by atoms with Crippen LogP contribution in [0.1, 0.15) is 38.8 Å². The van der Waals surface area contributed by atoms with Gasteiger partial charge < -0.3 is 4.74 Å². The molecule has 0 aliphatic heterocycles. The Morgan fingerprint density at radius 1 is 1.33 bits per heavy atom. The van der Waals surface area contributed by atoms with Gasteiger partial charge in [0, 0.05) is 0 Å². The molecule has 2 nitrogen and oxygen atoms in total. The molecule has 0 radical (unpaired) electrons. The quantitative estimate of drug-likeness (QED) is 0.739. The van der Waals surface area contributed by atoms with Crippen LogP contribution < -0.4 is 4.74 Å². The zero-order valence-corrected chi connectivity index (χ0v) is 9.79. The third kappa shape index (κ3) is 2.73. The fraction of sp³-hybridized carbons (Fsp3) is 0.462. The highest BCUT2D eigenvalue weighted by Gasteiger charge is 2.15. The second kappa shape index (κ2) is 4.35. The average Bonchev–Trinajstić information content (AvgIpc) is 2.17. The summed E-state index contributed by atoms with van der Waals surface area (Å²) >= 11 is 0.